The molecule has 2 aromatic heterocycles. The van der Waals surface area contributed by atoms with E-state index in [1.54, 1.807) is 0 Å². The molecule has 0 spiro atoms. The predicted molar refractivity (Wildman–Crippen MR) is 212 cm³/mol. The van der Waals surface area contributed by atoms with Crippen molar-refractivity contribution in [3.63, 3.8) is 0 Å². The Hall–Kier alpha value is -6.84. The molecule has 236 valence electrons. The van der Waals surface area contributed by atoms with Crippen molar-refractivity contribution in [2.75, 3.05) is 0 Å². The second kappa shape index (κ2) is 10.8. The van der Waals surface area contributed by atoms with Crippen LogP contribution >= 0.6 is 0 Å². The van der Waals surface area contributed by atoms with Crippen molar-refractivity contribution in [2.24, 2.45) is 0 Å². The summed E-state index contributed by atoms with van der Waals surface area (Å²) in [6, 6.07) is 63.0. The third kappa shape index (κ3) is 4.12. The number of hydrogen-bond donors (Lipinski definition) is 0. The second-order valence-electron chi connectivity index (χ2n) is 13.3. The van der Waals surface area contributed by atoms with E-state index >= 15 is 0 Å². The van der Waals surface area contributed by atoms with Crippen molar-refractivity contribution >= 4 is 43.4 Å². The van der Waals surface area contributed by atoms with Crippen LogP contribution in [0, 0.1) is 0 Å². The lowest BCUT2D eigenvalue weighted by molar-refractivity contribution is 1.14. The van der Waals surface area contributed by atoms with E-state index in [0.29, 0.717) is 5.82 Å². The zero-order chi connectivity index (χ0) is 33.5. The van der Waals surface area contributed by atoms with E-state index in [2.05, 4.69) is 174 Å². The second-order valence-corrected chi connectivity index (χ2v) is 13.3. The molecule has 2 heterocycles. The van der Waals surface area contributed by atoms with Crippen molar-refractivity contribution in [1.29, 1.82) is 0 Å². The summed E-state index contributed by atoms with van der Waals surface area (Å²) in [5.41, 5.74) is 13.4. The van der Waals surface area contributed by atoms with Crippen LogP contribution in [0.2, 0.25) is 0 Å². The van der Waals surface area contributed by atoms with Gasteiger partial charge in [0.05, 0.1) is 28.1 Å². The predicted octanol–water partition coefficient (Wildman–Crippen LogP) is 12.5. The van der Waals surface area contributed by atoms with E-state index < -0.39 is 0 Å². The first-order valence-electron chi connectivity index (χ1n) is 17.4. The fourth-order valence-corrected chi connectivity index (χ4v) is 8.36. The summed E-state index contributed by atoms with van der Waals surface area (Å²) < 4.78 is 2.43. The number of hydrogen-bond acceptors (Lipinski definition) is 2. The van der Waals surface area contributed by atoms with E-state index in [1.165, 1.54) is 65.6 Å². The minimum atomic E-state index is 0.694. The van der Waals surface area contributed by atoms with Gasteiger partial charge in [-0.15, -0.1) is 0 Å². The molecule has 3 heteroatoms. The average Bonchev–Trinajstić information content (AvgIpc) is 3.48. The number of aromatic nitrogens is 3. The highest BCUT2D eigenvalue weighted by Crippen LogP contribution is 2.50. The summed E-state index contributed by atoms with van der Waals surface area (Å²) in [5.74, 6) is 0.694. The van der Waals surface area contributed by atoms with Gasteiger partial charge >= 0.3 is 0 Å². The van der Waals surface area contributed by atoms with Gasteiger partial charge in [0, 0.05) is 27.5 Å². The van der Waals surface area contributed by atoms with Crippen LogP contribution in [-0.4, -0.2) is 14.5 Å². The lowest BCUT2D eigenvalue weighted by Crippen LogP contribution is -2.02. The highest BCUT2D eigenvalue weighted by atomic mass is 15.0. The van der Waals surface area contributed by atoms with Crippen LogP contribution in [0.5, 0.6) is 0 Å². The molecule has 10 aromatic rings. The highest BCUT2D eigenvalue weighted by molar-refractivity contribution is 6.30. The van der Waals surface area contributed by atoms with E-state index in [-0.39, 0.29) is 0 Å². The summed E-state index contributed by atoms with van der Waals surface area (Å²) in [6.45, 7) is 0. The Balaban J connectivity index is 1.23. The number of fused-ring (bicyclic) bond motifs is 4. The fraction of sp³-hybridized carbons (Fsp3) is 0. The summed E-state index contributed by atoms with van der Waals surface area (Å²) in [5, 5.41) is 7.47. The third-order valence-corrected chi connectivity index (χ3v) is 10.6. The Kier molecular flexibility index (Phi) is 5.96. The highest BCUT2D eigenvalue weighted by Gasteiger charge is 2.26. The van der Waals surface area contributed by atoms with E-state index in [4.69, 9.17) is 9.97 Å². The fourth-order valence-electron chi connectivity index (χ4n) is 8.36. The Morgan fingerprint density at radius 3 is 1.78 bits per heavy atom. The molecule has 0 bridgehead atoms. The van der Waals surface area contributed by atoms with Crippen LogP contribution in [0.3, 0.4) is 0 Å². The molecule has 1 aliphatic rings. The first-order valence-corrected chi connectivity index (χ1v) is 17.4. The summed E-state index contributed by atoms with van der Waals surface area (Å²) in [7, 11) is 0. The maximum absolute atomic E-state index is 5.38. The molecule has 51 heavy (non-hydrogen) atoms. The molecular weight excluding hydrogens is 619 g/mol. The van der Waals surface area contributed by atoms with Crippen molar-refractivity contribution in [3.05, 3.63) is 176 Å². The minimum Gasteiger partial charge on any atom is -0.308 e. The lowest BCUT2D eigenvalue weighted by Gasteiger charge is -2.16. The quantitative estimate of drug-likeness (QED) is 0.190. The van der Waals surface area contributed by atoms with Gasteiger partial charge in [-0.1, -0.05) is 146 Å². The maximum atomic E-state index is 5.38. The Morgan fingerprint density at radius 1 is 0.353 bits per heavy atom. The molecule has 0 saturated carbocycles. The SMILES string of the molecule is c1ccc(-c2cc(-c3cccc4ccccc34)nc(-c3ccccc3-n3c4cccc5c4c4c6c(cccc6ccc43)-c3ccccc3-5)n2)cc1. The van der Waals surface area contributed by atoms with Crippen molar-refractivity contribution in [2.45, 2.75) is 0 Å². The van der Waals surface area contributed by atoms with Gasteiger partial charge in [-0.2, -0.15) is 0 Å². The smallest absolute Gasteiger partial charge is 0.162 e. The Labute approximate surface area is 294 Å². The number of benzene rings is 8. The molecule has 3 nitrogen and oxygen atoms in total. The first kappa shape index (κ1) is 28.0. The van der Waals surface area contributed by atoms with Gasteiger partial charge in [-0.05, 0) is 74.1 Å². The van der Waals surface area contributed by atoms with Crippen molar-refractivity contribution in [3.8, 4) is 61.8 Å². The van der Waals surface area contributed by atoms with Crippen LogP contribution in [0.15, 0.2) is 176 Å². The largest absolute Gasteiger partial charge is 0.308 e. The van der Waals surface area contributed by atoms with E-state index in [1.807, 2.05) is 6.07 Å². The standard InChI is InChI=1S/C48H29N3/c1-2-14-31(15-3-1)40-29-41(36-22-10-16-30-13-4-5-18-33(30)36)50-48(49-40)39-21-8-9-25-42(39)51-43-26-12-24-38-35-20-7-6-19-34(35)37-23-11-17-32-27-28-44(51)47(45(32)37)46(38)43/h1-29H. The molecule has 1 aliphatic carbocycles. The van der Waals surface area contributed by atoms with Gasteiger partial charge in [0.15, 0.2) is 5.82 Å². The van der Waals surface area contributed by atoms with Gasteiger partial charge < -0.3 is 4.57 Å². The van der Waals surface area contributed by atoms with Gasteiger partial charge in [-0.25, -0.2) is 9.97 Å². The zero-order valence-corrected chi connectivity index (χ0v) is 27.6. The van der Waals surface area contributed by atoms with Gasteiger partial charge in [0.1, 0.15) is 0 Å². The molecule has 0 saturated heterocycles. The van der Waals surface area contributed by atoms with Crippen molar-refractivity contribution < 1.29 is 0 Å². The van der Waals surface area contributed by atoms with Crippen LogP contribution in [-0.2, 0) is 0 Å². The molecule has 0 atom stereocenters. The third-order valence-electron chi connectivity index (χ3n) is 10.6. The summed E-state index contributed by atoms with van der Waals surface area (Å²) in [6.07, 6.45) is 0. The molecule has 0 fully saturated rings. The molecule has 0 aliphatic heterocycles. The summed E-state index contributed by atoms with van der Waals surface area (Å²) >= 11 is 0. The first-order chi connectivity index (χ1) is 25.3. The molecule has 0 N–H and O–H groups in total. The van der Waals surface area contributed by atoms with Crippen LogP contribution in [0.25, 0.3) is 105 Å². The molecule has 0 amide bonds. The average molecular weight is 648 g/mol. The number of rotatable bonds is 4. The van der Waals surface area contributed by atoms with Gasteiger partial charge in [-0.3, -0.25) is 0 Å². The lowest BCUT2D eigenvalue weighted by atomic mass is 9.93. The van der Waals surface area contributed by atoms with Crippen LogP contribution < -0.4 is 0 Å². The zero-order valence-electron chi connectivity index (χ0n) is 27.6. The van der Waals surface area contributed by atoms with E-state index in [0.717, 1.165) is 33.8 Å². The topological polar surface area (TPSA) is 30.7 Å². The molecule has 11 rings (SSSR count). The number of para-hydroxylation sites is 1. The van der Waals surface area contributed by atoms with E-state index in [9.17, 15) is 0 Å². The maximum Gasteiger partial charge on any atom is 0.162 e. The normalized spacial score (nSPS) is 11.9. The van der Waals surface area contributed by atoms with Gasteiger partial charge in [0.25, 0.3) is 0 Å². The minimum absolute atomic E-state index is 0.694. The number of nitrogens with zero attached hydrogens (tertiary/aromatic N) is 3. The van der Waals surface area contributed by atoms with Crippen LogP contribution in [0.1, 0.15) is 0 Å². The van der Waals surface area contributed by atoms with Crippen molar-refractivity contribution in [1.82, 2.24) is 14.5 Å². The molecular formula is C48H29N3. The van der Waals surface area contributed by atoms with Crippen LogP contribution in [0.4, 0.5) is 0 Å². The Morgan fingerprint density at radius 2 is 0.941 bits per heavy atom. The monoisotopic (exact) mass is 647 g/mol. The Bertz CT molecular complexity index is 3020. The molecule has 8 aromatic carbocycles. The summed E-state index contributed by atoms with van der Waals surface area (Å²) in [4.78, 5) is 10.7. The molecule has 0 radical (unpaired) electrons. The van der Waals surface area contributed by atoms with Gasteiger partial charge in [0.2, 0.25) is 0 Å². The molecule has 0 unspecified atom stereocenters.